The van der Waals surface area contributed by atoms with E-state index in [-0.39, 0.29) is 17.1 Å². The number of carbonyl (C=O) groups excluding carboxylic acids is 2. The van der Waals surface area contributed by atoms with Gasteiger partial charge in [-0.25, -0.2) is 19.2 Å². The molecule has 0 aliphatic carbocycles. The second-order valence-electron chi connectivity index (χ2n) is 5.80. The number of halogens is 1. The van der Waals surface area contributed by atoms with Gasteiger partial charge in [-0.2, -0.15) is 0 Å². The van der Waals surface area contributed by atoms with E-state index in [2.05, 4.69) is 25.0 Å². The molecule has 0 bridgehead atoms. The maximum atomic E-state index is 13.8. The predicted molar refractivity (Wildman–Crippen MR) is 100 cm³/mol. The molecule has 0 atom stereocenters. The number of carbonyl (C=O) groups is 2. The van der Waals surface area contributed by atoms with Crippen LogP contribution in [0.25, 0.3) is 10.9 Å². The monoisotopic (exact) mass is 385 g/mol. The molecule has 144 valence electrons. The number of esters is 1. The Bertz CT molecular complexity index is 1130. The van der Waals surface area contributed by atoms with Gasteiger partial charge in [0.25, 0.3) is 11.5 Å². The third-order valence-electron chi connectivity index (χ3n) is 4.11. The third kappa shape index (κ3) is 3.39. The van der Waals surface area contributed by atoms with Gasteiger partial charge in [-0.1, -0.05) is 0 Å². The highest BCUT2D eigenvalue weighted by molar-refractivity contribution is 6.07. The number of anilines is 2. The summed E-state index contributed by atoms with van der Waals surface area (Å²) in [5.41, 5.74) is 0.233. The van der Waals surface area contributed by atoms with E-state index >= 15 is 0 Å². The lowest BCUT2D eigenvalue weighted by Crippen LogP contribution is -2.32. The molecule has 0 saturated heterocycles. The number of methoxy groups -OCH3 is 1. The largest absolute Gasteiger partial charge is 0.463 e. The van der Waals surface area contributed by atoms with E-state index in [1.165, 1.54) is 44.8 Å². The Morgan fingerprint density at radius 3 is 2.50 bits per heavy atom. The average molecular weight is 385 g/mol. The smallest absolute Gasteiger partial charge is 0.376 e. The van der Waals surface area contributed by atoms with Crippen LogP contribution in [0.15, 0.2) is 35.4 Å². The molecule has 0 aliphatic rings. The molecule has 1 aromatic carbocycles. The van der Waals surface area contributed by atoms with E-state index < -0.39 is 23.3 Å². The van der Waals surface area contributed by atoms with Gasteiger partial charge in [0.15, 0.2) is 0 Å². The number of aromatic amines is 1. The van der Waals surface area contributed by atoms with Crippen molar-refractivity contribution in [1.29, 1.82) is 0 Å². The summed E-state index contributed by atoms with van der Waals surface area (Å²) in [4.78, 5) is 48.0. The summed E-state index contributed by atoms with van der Waals surface area (Å²) in [7, 11) is 4.22. The molecule has 28 heavy (non-hydrogen) atoms. The van der Waals surface area contributed by atoms with E-state index in [1.807, 2.05) is 0 Å². The Morgan fingerprint density at radius 2 is 1.89 bits per heavy atom. The summed E-state index contributed by atoms with van der Waals surface area (Å²) >= 11 is 0. The molecule has 0 radical (unpaired) electrons. The standard InChI is InChI=1S/C18H16FN5O4/c1-20-13-6-10(19)4-9-5-12(16(25)23-14(9)13)17(26)24(2)11-7-21-15(22-8-11)18(27)28-3/h4-8,20H,1-3H3,(H,23,25). The zero-order valence-electron chi connectivity index (χ0n) is 15.2. The first-order chi connectivity index (χ1) is 13.3. The fourth-order valence-corrected chi connectivity index (χ4v) is 2.63. The van der Waals surface area contributed by atoms with Crippen LogP contribution >= 0.6 is 0 Å². The third-order valence-corrected chi connectivity index (χ3v) is 4.11. The van der Waals surface area contributed by atoms with Crippen LogP contribution < -0.4 is 15.8 Å². The first-order valence-corrected chi connectivity index (χ1v) is 8.08. The van der Waals surface area contributed by atoms with E-state index in [0.717, 1.165) is 4.90 Å². The molecule has 2 heterocycles. The number of amides is 1. The van der Waals surface area contributed by atoms with Crippen molar-refractivity contribution in [1.82, 2.24) is 15.0 Å². The molecule has 0 spiro atoms. The van der Waals surface area contributed by atoms with Crippen LogP contribution in [-0.2, 0) is 4.74 Å². The Balaban J connectivity index is 1.99. The normalized spacial score (nSPS) is 10.6. The maximum Gasteiger partial charge on any atom is 0.376 e. The summed E-state index contributed by atoms with van der Waals surface area (Å²) in [6, 6.07) is 3.78. The van der Waals surface area contributed by atoms with Crippen molar-refractivity contribution in [3.8, 4) is 0 Å². The van der Waals surface area contributed by atoms with E-state index in [0.29, 0.717) is 16.6 Å². The van der Waals surface area contributed by atoms with Gasteiger partial charge in [-0.05, 0) is 18.2 Å². The molecule has 0 fully saturated rings. The highest BCUT2D eigenvalue weighted by Crippen LogP contribution is 2.23. The van der Waals surface area contributed by atoms with Gasteiger partial charge in [-0.3, -0.25) is 9.59 Å². The number of benzene rings is 1. The lowest BCUT2D eigenvalue weighted by molar-refractivity contribution is 0.0586. The lowest BCUT2D eigenvalue weighted by atomic mass is 10.1. The average Bonchev–Trinajstić information content (AvgIpc) is 2.71. The molecule has 10 heteroatoms. The number of hydrogen-bond donors (Lipinski definition) is 2. The van der Waals surface area contributed by atoms with Gasteiger partial charge in [0.05, 0.1) is 36.4 Å². The summed E-state index contributed by atoms with van der Waals surface area (Å²) in [6.07, 6.45) is 2.51. The number of fused-ring (bicyclic) bond motifs is 1. The second-order valence-corrected chi connectivity index (χ2v) is 5.80. The lowest BCUT2D eigenvalue weighted by Gasteiger charge is -2.17. The van der Waals surface area contributed by atoms with Crippen molar-refractivity contribution < 1.29 is 18.7 Å². The molecular weight excluding hydrogens is 369 g/mol. The van der Waals surface area contributed by atoms with Gasteiger partial charge in [0.2, 0.25) is 5.82 Å². The SMILES string of the molecule is CNc1cc(F)cc2cc(C(=O)N(C)c3cnc(C(=O)OC)nc3)c(=O)[nH]c12. The Hall–Kier alpha value is -3.82. The summed E-state index contributed by atoms with van der Waals surface area (Å²) in [5.74, 6) is -2.03. The predicted octanol–water partition coefficient (Wildman–Crippen LogP) is 1.56. The van der Waals surface area contributed by atoms with Crippen LogP contribution in [-0.4, -0.2) is 48.0 Å². The van der Waals surface area contributed by atoms with Gasteiger partial charge in [-0.15, -0.1) is 0 Å². The number of pyridine rings is 1. The molecule has 0 unspecified atom stereocenters. The fraction of sp³-hybridized carbons (Fsp3) is 0.167. The van der Waals surface area contributed by atoms with Crippen molar-refractivity contribution >= 4 is 34.2 Å². The molecule has 0 saturated carbocycles. The number of aromatic nitrogens is 3. The number of hydrogen-bond acceptors (Lipinski definition) is 7. The summed E-state index contributed by atoms with van der Waals surface area (Å²) < 4.78 is 18.3. The van der Waals surface area contributed by atoms with Gasteiger partial charge < -0.3 is 19.9 Å². The van der Waals surface area contributed by atoms with Gasteiger partial charge in [0, 0.05) is 19.5 Å². The number of nitrogens with zero attached hydrogens (tertiary/aromatic N) is 3. The second kappa shape index (κ2) is 7.43. The molecule has 2 N–H and O–H groups in total. The van der Waals surface area contributed by atoms with Crippen molar-refractivity contribution in [2.24, 2.45) is 0 Å². The van der Waals surface area contributed by atoms with Crippen LogP contribution in [0.3, 0.4) is 0 Å². The molecule has 1 amide bonds. The number of ether oxygens (including phenoxy) is 1. The Labute approximate surface area is 158 Å². The van der Waals surface area contributed by atoms with Crippen LogP contribution in [0.5, 0.6) is 0 Å². The highest BCUT2D eigenvalue weighted by Gasteiger charge is 2.20. The topological polar surface area (TPSA) is 117 Å². The minimum absolute atomic E-state index is 0.161. The minimum Gasteiger partial charge on any atom is -0.463 e. The molecule has 3 rings (SSSR count). The molecular formula is C18H16FN5O4. The van der Waals surface area contributed by atoms with Gasteiger partial charge >= 0.3 is 5.97 Å². The van der Waals surface area contributed by atoms with Crippen molar-refractivity contribution in [3.05, 3.63) is 58.2 Å². The van der Waals surface area contributed by atoms with E-state index in [1.54, 1.807) is 7.05 Å². The number of nitrogens with one attached hydrogen (secondary N) is 2. The van der Waals surface area contributed by atoms with Crippen molar-refractivity contribution in [3.63, 3.8) is 0 Å². The van der Waals surface area contributed by atoms with Crippen LogP contribution in [0.4, 0.5) is 15.8 Å². The first-order valence-electron chi connectivity index (χ1n) is 8.08. The Morgan fingerprint density at radius 1 is 1.21 bits per heavy atom. The quantitative estimate of drug-likeness (QED) is 0.655. The molecule has 3 aromatic rings. The fourth-order valence-electron chi connectivity index (χ4n) is 2.63. The van der Waals surface area contributed by atoms with Crippen LogP contribution in [0.1, 0.15) is 21.0 Å². The minimum atomic E-state index is -0.714. The summed E-state index contributed by atoms with van der Waals surface area (Å²) in [6.45, 7) is 0. The molecule has 9 nitrogen and oxygen atoms in total. The number of H-pyrrole nitrogens is 1. The van der Waals surface area contributed by atoms with E-state index in [4.69, 9.17) is 0 Å². The number of rotatable bonds is 4. The molecule has 0 aliphatic heterocycles. The maximum absolute atomic E-state index is 13.8. The summed E-state index contributed by atoms with van der Waals surface area (Å²) in [5, 5.41) is 3.15. The van der Waals surface area contributed by atoms with Crippen LogP contribution in [0, 0.1) is 5.82 Å². The van der Waals surface area contributed by atoms with Crippen molar-refractivity contribution in [2.45, 2.75) is 0 Å². The highest BCUT2D eigenvalue weighted by atomic mass is 19.1. The zero-order chi connectivity index (χ0) is 20.4. The van der Waals surface area contributed by atoms with Crippen LogP contribution in [0.2, 0.25) is 0 Å². The van der Waals surface area contributed by atoms with Crippen molar-refractivity contribution in [2.75, 3.05) is 31.4 Å². The first kappa shape index (κ1) is 19.0. The van der Waals surface area contributed by atoms with E-state index in [9.17, 15) is 18.8 Å². The van der Waals surface area contributed by atoms with Gasteiger partial charge in [0.1, 0.15) is 11.4 Å². The zero-order valence-corrected chi connectivity index (χ0v) is 15.2. The molecule has 2 aromatic heterocycles. The Kier molecular flexibility index (Phi) is 5.03.